The molecule has 4 rings (SSSR count). The fourth-order valence-electron chi connectivity index (χ4n) is 5.10. The summed E-state index contributed by atoms with van der Waals surface area (Å²) < 4.78 is 68.6. The second-order valence-corrected chi connectivity index (χ2v) is 12.1. The fourth-order valence-corrected chi connectivity index (χ4v) is 6.82. The number of carbonyl (C=O) groups excluding carboxylic acids is 3. The molecule has 1 N–H and O–H groups in total. The van der Waals surface area contributed by atoms with Gasteiger partial charge in [0.1, 0.15) is 17.8 Å². The summed E-state index contributed by atoms with van der Waals surface area (Å²) in [5.74, 6) is -2.47. The molecule has 3 unspecified atom stereocenters. The molecule has 40 heavy (non-hydrogen) atoms. The number of alkyl halides is 3. The average Bonchev–Trinajstić information content (AvgIpc) is 3.44. The third kappa shape index (κ3) is 6.78. The van der Waals surface area contributed by atoms with E-state index in [4.69, 9.17) is 0 Å². The third-order valence-corrected chi connectivity index (χ3v) is 8.56. The Morgan fingerprint density at radius 2 is 1.88 bits per heavy atom. The zero-order valence-corrected chi connectivity index (χ0v) is 22.6. The normalized spacial score (nSPS) is 20.4. The first-order chi connectivity index (χ1) is 18.7. The first kappa shape index (κ1) is 29.5. The van der Waals surface area contributed by atoms with Crippen molar-refractivity contribution in [1.82, 2.24) is 19.5 Å². The van der Waals surface area contributed by atoms with Gasteiger partial charge in [0.2, 0.25) is 15.9 Å². The number of pyridine rings is 1. The molecule has 1 aromatic carbocycles. The molecule has 2 aliphatic rings. The largest absolute Gasteiger partial charge is 0.573 e. The zero-order valence-electron chi connectivity index (χ0n) is 21.8. The van der Waals surface area contributed by atoms with E-state index in [-0.39, 0.29) is 43.2 Å². The summed E-state index contributed by atoms with van der Waals surface area (Å²) in [6.07, 6.45) is -1.43. The number of nitrogens with one attached hydrogen (secondary N) is 1. The molecule has 10 nitrogen and oxygen atoms in total. The van der Waals surface area contributed by atoms with Crippen molar-refractivity contribution in [3.63, 3.8) is 0 Å². The molecule has 14 heteroatoms. The van der Waals surface area contributed by atoms with E-state index in [1.54, 1.807) is 12.1 Å². The van der Waals surface area contributed by atoms with E-state index in [9.17, 15) is 36.0 Å². The maximum atomic E-state index is 13.6. The molecule has 0 saturated carbocycles. The maximum absolute atomic E-state index is 13.6. The van der Waals surface area contributed by atoms with Gasteiger partial charge < -0.3 is 15.0 Å². The third-order valence-electron chi connectivity index (χ3n) is 6.75. The molecule has 0 radical (unpaired) electrons. The molecule has 2 fully saturated rings. The number of ether oxygens (including phenoxy) is 1. The van der Waals surface area contributed by atoms with Gasteiger partial charge in [-0.1, -0.05) is 19.9 Å². The van der Waals surface area contributed by atoms with Crippen LogP contribution in [0.25, 0.3) is 0 Å². The summed E-state index contributed by atoms with van der Waals surface area (Å²) in [4.78, 5) is 44.8. The number of hydrogen-bond donors (Lipinski definition) is 1. The number of nitrogens with zero attached hydrogens (tertiary/aromatic N) is 3. The van der Waals surface area contributed by atoms with Gasteiger partial charge in [0.25, 0.3) is 5.91 Å². The summed E-state index contributed by atoms with van der Waals surface area (Å²) in [7, 11) is -3.87. The van der Waals surface area contributed by atoms with E-state index in [2.05, 4.69) is 15.0 Å². The van der Waals surface area contributed by atoms with Crippen molar-refractivity contribution in [3.8, 4) is 5.75 Å². The standard InChI is InChI=1S/C26H29F3N4O6S/c1-16(2)12-20(31-24(35)18-5-7-19(8-6-18)39-26(27,28)29)25(36)32-11-9-21-23(32)22(34)14-33(21)40(37,38)15-17-4-3-10-30-13-17/h3-8,10,13,16,20-21,23H,9,11-12,14-15H2,1-2H3,(H,31,35). The lowest BCUT2D eigenvalue weighted by atomic mass is 10.0. The number of amides is 2. The number of fused-ring (bicyclic) bond motifs is 1. The number of sulfonamides is 1. The summed E-state index contributed by atoms with van der Waals surface area (Å²) in [6.45, 7) is 3.47. The molecular weight excluding hydrogens is 553 g/mol. The molecule has 1 aromatic heterocycles. The zero-order chi connectivity index (χ0) is 29.2. The molecule has 2 aromatic rings. The van der Waals surface area contributed by atoms with Crippen molar-refractivity contribution in [3.05, 3.63) is 59.9 Å². The maximum Gasteiger partial charge on any atom is 0.573 e. The van der Waals surface area contributed by atoms with E-state index in [0.717, 1.165) is 28.6 Å². The molecule has 2 aliphatic heterocycles. The fraction of sp³-hybridized carbons (Fsp3) is 0.462. The van der Waals surface area contributed by atoms with Crippen LogP contribution in [0.15, 0.2) is 48.8 Å². The highest BCUT2D eigenvalue weighted by atomic mass is 32.2. The monoisotopic (exact) mass is 582 g/mol. The minimum atomic E-state index is -4.88. The Labute approximate surface area is 229 Å². The predicted octanol–water partition coefficient (Wildman–Crippen LogP) is 2.51. The molecule has 2 amide bonds. The molecular formula is C26H29F3N4O6S. The quantitative estimate of drug-likeness (QED) is 0.482. The highest BCUT2D eigenvalue weighted by molar-refractivity contribution is 7.88. The van der Waals surface area contributed by atoms with E-state index in [1.165, 1.54) is 17.3 Å². The van der Waals surface area contributed by atoms with Crippen molar-refractivity contribution in [2.24, 2.45) is 5.92 Å². The van der Waals surface area contributed by atoms with Gasteiger partial charge >= 0.3 is 6.36 Å². The lowest BCUT2D eigenvalue weighted by molar-refractivity contribution is -0.274. The minimum Gasteiger partial charge on any atom is -0.406 e. The lowest BCUT2D eigenvalue weighted by Gasteiger charge is -2.29. The number of aromatic nitrogens is 1. The second kappa shape index (κ2) is 11.5. The molecule has 0 aliphatic carbocycles. The SMILES string of the molecule is CC(C)CC(NC(=O)c1ccc(OC(F)(F)F)cc1)C(=O)N1CCC2C1C(=O)CN2S(=O)(=O)Cc1cccnc1. The van der Waals surface area contributed by atoms with Gasteiger partial charge in [-0.25, -0.2) is 8.42 Å². The van der Waals surface area contributed by atoms with Crippen LogP contribution in [0.1, 0.15) is 42.6 Å². The Morgan fingerprint density at radius 3 is 2.48 bits per heavy atom. The van der Waals surface area contributed by atoms with Crippen molar-refractivity contribution < 1.29 is 40.7 Å². The van der Waals surface area contributed by atoms with Crippen LogP contribution in [0.4, 0.5) is 13.2 Å². The van der Waals surface area contributed by atoms with E-state index in [0.29, 0.717) is 5.56 Å². The molecule has 2 saturated heterocycles. The first-order valence-corrected chi connectivity index (χ1v) is 14.2. The van der Waals surface area contributed by atoms with Gasteiger partial charge in [-0.05, 0) is 54.7 Å². The van der Waals surface area contributed by atoms with Crippen molar-refractivity contribution >= 4 is 27.6 Å². The smallest absolute Gasteiger partial charge is 0.406 e. The van der Waals surface area contributed by atoms with Crippen LogP contribution >= 0.6 is 0 Å². The lowest BCUT2D eigenvalue weighted by Crippen LogP contribution is -2.53. The van der Waals surface area contributed by atoms with Crippen LogP contribution in [0.2, 0.25) is 0 Å². The van der Waals surface area contributed by atoms with E-state index >= 15 is 0 Å². The molecule has 0 bridgehead atoms. The number of benzene rings is 1. The Morgan fingerprint density at radius 1 is 1.18 bits per heavy atom. The van der Waals surface area contributed by atoms with E-state index < -0.39 is 57.9 Å². The van der Waals surface area contributed by atoms with Crippen LogP contribution < -0.4 is 10.1 Å². The van der Waals surface area contributed by atoms with Crippen molar-refractivity contribution in [1.29, 1.82) is 0 Å². The number of carbonyl (C=O) groups is 3. The van der Waals surface area contributed by atoms with Gasteiger partial charge in [0.05, 0.1) is 18.3 Å². The highest BCUT2D eigenvalue weighted by Crippen LogP contribution is 2.33. The number of ketones is 1. The summed E-state index contributed by atoms with van der Waals surface area (Å²) in [6, 6.07) is 4.79. The Hall–Kier alpha value is -3.52. The number of hydrogen-bond acceptors (Lipinski definition) is 7. The Balaban J connectivity index is 1.48. The molecule has 0 spiro atoms. The number of halogens is 3. The van der Waals surface area contributed by atoms with Gasteiger partial charge in [-0.3, -0.25) is 19.4 Å². The second-order valence-electron chi connectivity index (χ2n) is 10.2. The number of Topliss-reactive ketones (excluding diaryl/α,β-unsaturated/α-hetero) is 1. The number of likely N-dealkylation sites (tertiary alicyclic amines) is 1. The molecule has 3 heterocycles. The van der Waals surface area contributed by atoms with Crippen LogP contribution in [0.5, 0.6) is 5.75 Å². The number of rotatable bonds is 9. The predicted molar refractivity (Wildman–Crippen MR) is 136 cm³/mol. The van der Waals surface area contributed by atoms with Gasteiger partial charge in [-0.2, -0.15) is 4.31 Å². The first-order valence-electron chi connectivity index (χ1n) is 12.6. The van der Waals surface area contributed by atoms with E-state index in [1.807, 2.05) is 13.8 Å². The topological polar surface area (TPSA) is 126 Å². The van der Waals surface area contributed by atoms with Crippen LogP contribution in [0.3, 0.4) is 0 Å². The summed E-state index contributed by atoms with van der Waals surface area (Å²) in [5.41, 5.74) is 0.488. The average molecular weight is 583 g/mol. The van der Waals surface area contributed by atoms with Crippen molar-refractivity contribution in [2.45, 2.75) is 56.9 Å². The molecule has 216 valence electrons. The van der Waals surface area contributed by atoms with Gasteiger partial charge in [0.15, 0.2) is 5.78 Å². The van der Waals surface area contributed by atoms with Gasteiger partial charge in [0, 0.05) is 24.5 Å². The van der Waals surface area contributed by atoms with Crippen LogP contribution in [0, 0.1) is 5.92 Å². The van der Waals surface area contributed by atoms with Crippen molar-refractivity contribution in [2.75, 3.05) is 13.1 Å². The van der Waals surface area contributed by atoms with Crippen LogP contribution in [-0.4, -0.2) is 77.8 Å². The van der Waals surface area contributed by atoms with Gasteiger partial charge in [-0.15, -0.1) is 13.2 Å². The minimum absolute atomic E-state index is 0.0139. The molecule has 3 atom stereocenters. The highest BCUT2D eigenvalue weighted by Gasteiger charge is 2.54. The summed E-state index contributed by atoms with van der Waals surface area (Å²) in [5, 5.41) is 2.63. The van der Waals surface area contributed by atoms with Crippen LogP contribution in [-0.2, 0) is 25.4 Å². The Kier molecular flexibility index (Phi) is 8.49. The summed E-state index contributed by atoms with van der Waals surface area (Å²) >= 11 is 0. The Bertz CT molecular complexity index is 1350.